The summed E-state index contributed by atoms with van der Waals surface area (Å²) in [5.74, 6) is 0.0551. The largest absolute Gasteiger partial charge is 0.333 e. The van der Waals surface area contributed by atoms with E-state index in [4.69, 9.17) is 0 Å². The average Bonchev–Trinajstić information content (AvgIpc) is 2.06. The van der Waals surface area contributed by atoms with E-state index in [0.717, 1.165) is 4.31 Å². The van der Waals surface area contributed by atoms with E-state index in [1.165, 1.54) is 11.9 Å². The fraction of sp³-hybridized carbons (Fsp3) is 0.833. The molecule has 0 radical (unpaired) electrons. The number of carbonyl (C=O) groups is 1. The quantitative estimate of drug-likeness (QED) is 0.529. The monoisotopic (exact) mass is 192 g/mol. The lowest BCUT2D eigenvalue weighted by molar-refractivity contribution is 0.197. The Hall–Kier alpha value is -0.780. The number of rotatable bonds is 0. The first-order valence-electron chi connectivity index (χ1n) is 3.67. The molecule has 1 fully saturated rings. The molecule has 0 N–H and O–H groups in total. The summed E-state index contributed by atoms with van der Waals surface area (Å²) in [5.41, 5.74) is 0. The van der Waals surface area contributed by atoms with Crippen LogP contribution in [0.15, 0.2) is 0 Å². The number of carbonyl (C=O) groups excluding carboxylic acids is 1. The van der Waals surface area contributed by atoms with E-state index in [9.17, 15) is 13.2 Å². The van der Waals surface area contributed by atoms with Gasteiger partial charge in [-0.1, -0.05) is 0 Å². The molecule has 2 amide bonds. The van der Waals surface area contributed by atoms with E-state index in [0.29, 0.717) is 13.0 Å². The van der Waals surface area contributed by atoms with Crippen LogP contribution in [0.1, 0.15) is 6.42 Å². The lowest BCUT2D eigenvalue weighted by Gasteiger charge is -2.19. The minimum Gasteiger partial charge on any atom is -0.327 e. The summed E-state index contributed by atoms with van der Waals surface area (Å²) in [5, 5.41) is 0. The molecule has 0 aromatic carbocycles. The van der Waals surface area contributed by atoms with E-state index in [-0.39, 0.29) is 5.75 Å². The highest BCUT2D eigenvalue weighted by molar-refractivity contribution is 7.89. The molecule has 5 nitrogen and oxygen atoms in total. The van der Waals surface area contributed by atoms with Gasteiger partial charge in [0.2, 0.25) is 10.0 Å². The van der Waals surface area contributed by atoms with Crippen LogP contribution in [0, 0.1) is 0 Å². The highest BCUT2D eigenvalue weighted by Gasteiger charge is 2.28. The Labute approximate surface area is 72.0 Å². The number of hydrogen-bond acceptors (Lipinski definition) is 3. The molecule has 70 valence electrons. The zero-order valence-corrected chi connectivity index (χ0v) is 7.97. The van der Waals surface area contributed by atoms with Gasteiger partial charge in [-0.25, -0.2) is 17.5 Å². The maximum atomic E-state index is 11.2. The molecule has 0 saturated carbocycles. The standard InChI is InChI=1S/C6H12N2O3S/c1-7-4-3-5-12(10,11)8(2)6(7)9/h3-5H2,1-2H3. The zero-order valence-electron chi connectivity index (χ0n) is 7.15. The van der Waals surface area contributed by atoms with E-state index < -0.39 is 16.1 Å². The van der Waals surface area contributed by atoms with E-state index in [2.05, 4.69) is 0 Å². The van der Waals surface area contributed by atoms with E-state index in [1.54, 1.807) is 7.05 Å². The molecular weight excluding hydrogens is 180 g/mol. The van der Waals surface area contributed by atoms with Crippen molar-refractivity contribution in [2.75, 3.05) is 26.4 Å². The number of amides is 2. The highest BCUT2D eigenvalue weighted by Crippen LogP contribution is 2.09. The van der Waals surface area contributed by atoms with Crippen LogP contribution in [0.25, 0.3) is 0 Å². The number of hydrogen-bond donors (Lipinski definition) is 0. The summed E-state index contributed by atoms with van der Waals surface area (Å²) in [4.78, 5) is 12.6. The van der Waals surface area contributed by atoms with Gasteiger partial charge < -0.3 is 4.90 Å². The van der Waals surface area contributed by atoms with Crippen LogP contribution in [0.5, 0.6) is 0 Å². The highest BCUT2D eigenvalue weighted by atomic mass is 32.2. The molecule has 12 heavy (non-hydrogen) atoms. The predicted molar refractivity (Wildman–Crippen MR) is 44.2 cm³/mol. The van der Waals surface area contributed by atoms with Crippen LogP contribution >= 0.6 is 0 Å². The van der Waals surface area contributed by atoms with Gasteiger partial charge in [0.15, 0.2) is 0 Å². The summed E-state index contributed by atoms with van der Waals surface area (Å²) >= 11 is 0. The van der Waals surface area contributed by atoms with Crippen molar-refractivity contribution in [2.45, 2.75) is 6.42 Å². The third kappa shape index (κ3) is 1.52. The molecular formula is C6H12N2O3S. The molecule has 6 heteroatoms. The van der Waals surface area contributed by atoms with Crippen molar-refractivity contribution in [2.24, 2.45) is 0 Å². The fourth-order valence-corrected chi connectivity index (χ4v) is 2.22. The van der Waals surface area contributed by atoms with Gasteiger partial charge in [0.1, 0.15) is 0 Å². The Morgan fingerprint density at radius 3 is 2.50 bits per heavy atom. The van der Waals surface area contributed by atoms with Crippen molar-refractivity contribution >= 4 is 16.1 Å². The Morgan fingerprint density at radius 1 is 1.33 bits per heavy atom. The third-order valence-electron chi connectivity index (χ3n) is 1.91. The number of nitrogens with zero attached hydrogens (tertiary/aromatic N) is 2. The lowest BCUT2D eigenvalue weighted by atomic mass is 10.4. The second-order valence-electron chi connectivity index (χ2n) is 2.84. The first-order valence-corrected chi connectivity index (χ1v) is 5.28. The molecule has 0 aliphatic carbocycles. The zero-order chi connectivity index (χ0) is 9.35. The smallest absolute Gasteiger partial charge is 0.327 e. The van der Waals surface area contributed by atoms with Crippen molar-refractivity contribution in [3.63, 3.8) is 0 Å². The Morgan fingerprint density at radius 2 is 1.92 bits per heavy atom. The van der Waals surface area contributed by atoms with Crippen molar-refractivity contribution in [1.29, 1.82) is 0 Å². The maximum absolute atomic E-state index is 11.2. The Bertz CT molecular complexity index is 285. The minimum absolute atomic E-state index is 0.0551. The van der Waals surface area contributed by atoms with Gasteiger partial charge in [-0.2, -0.15) is 0 Å². The SMILES string of the molecule is CN1CCCS(=O)(=O)N(C)C1=O. The molecule has 0 unspecified atom stereocenters. The molecule has 1 aliphatic heterocycles. The van der Waals surface area contributed by atoms with Crippen LogP contribution < -0.4 is 0 Å². The van der Waals surface area contributed by atoms with Gasteiger partial charge in [-0.05, 0) is 6.42 Å². The molecule has 0 aromatic heterocycles. The minimum atomic E-state index is -3.34. The fourth-order valence-electron chi connectivity index (χ4n) is 1.08. The second kappa shape index (κ2) is 2.93. The van der Waals surface area contributed by atoms with Crippen molar-refractivity contribution in [1.82, 2.24) is 9.21 Å². The molecule has 0 atom stereocenters. The van der Waals surface area contributed by atoms with E-state index >= 15 is 0 Å². The molecule has 1 saturated heterocycles. The molecule has 0 spiro atoms. The molecule has 1 rings (SSSR count). The van der Waals surface area contributed by atoms with Gasteiger partial charge in [0.25, 0.3) is 0 Å². The molecule has 1 aliphatic rings. The van der Waals surface area contributed by atoms with E-state index in [1.807, 2.05) is 0 Å². The summed E-state index contributed by atoms with van der Waals surface area (Å²) in [6, 6.07) is -0.451. The van der Waals surface area contributed by atoms with Gasteiger partial charge in [0, 0.05) is 20.6 Å². The summed E-state index contributed by atoms with van der Waals surface area (Å²) in [6.45, 7) is 0.502. The van der Waals surface area contributed by atoms with Crippen LogP contribution in [-0.4, -0.2) is 50.0 Å². The predicted octanol–water partition coefficient (Wildman–Crippen LogP) is -0.296. The number of sulfonamides is 1. The second-order valence-corrected chi connectivity index (χ2v) is 4.96. The lowest BCUT2D eigenvalue weighted by Crippen LogP contribution is -2.39. The summed E-state index contributed by atoms with van der Waals surface area (Å²) in [7, 11) is -0.450. The maximum Gasteiger partial charge on any atom is 0.333 e. The molecule has 1 heterocycles. The van der Waals surface area contributed by atoms with Crippen molar-refractivity contribution in [3.05, 3.63) is 0 Å². The Kier molecular flexibility index (Phi) is 2.27. The van der Waals surface area contributed by atoms with Crippen LogP contribution in [0.4, 0.5) is 4.79 Å². The first kappa shape index (κ1) is 9.31. The number of urea groups is 1. The van der Waals surface area contributed by atoms with Gasteiger partial charge in [-0.3, -0.25) is 0 Å². The summed E-state index contributed by atoms with van der Waals surface area (Å²) < 4.78 is 23.3. The topological polar surface area (TPSA) is 57.7 Å². The summed E-state index contributed by atoms with van der Waals surface area (Å²) in [6.07, 6.45) is 0.509. The normalized spacial score (nSPS) is 24.0. The van der Waals surface area contributed by atoms with Gasteiger partial charge in [0.05, 0.1) is 5.75 Å². The average molecular weight is 192 g/mol. The third-order valence-corrected chi connectivity index (χ3v) is 3.70. The molecule has 0 bridgehead atoms. The van der Waals surface area contributed by atoms with Crippen LogP contribution in [0.3, 0.4) is 0 Å². The van der Waals surface area contributed by atoms with Crippen LogP contribution in [0.2, 0.25) is 0 Å². The molecule has 0 aromatic rings. The van der Waals surface area contributed by atoms with Gasteiger partial charge in [-0.15, -0.1) is 0 Å². The first-order chi connectivity index (χ1) is 5.45. The van der Waals surface area contributed by atoms with Crippen LogP contribution in [-0.2, 0) is 10.0 Å². The van der Waals surface area contributed by atoms with Crippen molar-refractivity contribution < 1.29 is 13.2 Å². The van der Waals surface area contributed by atoms with Gasteiger partial charge >= 0.3 is 6.03 Å². The Balaban J connectivity index is 2.97. The van der Waals surface area contributed by atoms with Crippen molar-refractivity contribution in [3.8, 4) is 0 Å².